The van der Waals surface area contributed by atoms with Crippen LogP contribution in [0.1, 0.15) is 57.6 Å². The summed E-state index contributed by atoms with van der Waals surface area (Å²) in [6.07, 6.45) is 12.2. The fourth-order valence-corrected chi connectivity index (χ4v) is 4.80. The molecule has 0 radical (unpaired) electrons. The molecule has 190 valence electrons. The second-order valence-corrected chi connectivity index (χ2v) is 9.87. The fraction of sp³-hybridized carbons (Fsp3) is 0.240. The summed E-state index contributed by atoms with van der Waals surface area (Å²) in [6, 6.07) is 7.80. The second-order valence-electron chi connectivity index (χ2n) is 9.44. The van der Waals surface area contributed by atoms with Crippen LogP contribution in [-0.2, 0) is 19.5 Å². The minimum atomic E-state index is -0.276. The number of carbonyl (C=O) groups excluding carboxylic acids is 1. The van der Waals surface area contributed by atoms with Crippen LogP contribution in [0.25, 0.3) is 11.2 Å². The normalized spacial score (nSPS) is 13.5. The maximum atomic E-state index is 13.3. The molecule has 6 aromatic rings. The highest BCUT2D eigenvalue weighted by molar-refractivity contribution is 6.30. The number of imidazole rings is 2. The Balaban J connectivity index is 1.14. The zero-order valence-electron chi connectivity index (χ0n) is 20.1. The van der Waals surface area contributed by atoms with Gasteiger partial charge in [-0.1, -0.05) is 22.9 Å². The van der Waals surface area contributed by atoms with Crippen LogP contribution in [-0.4, -0.2) is 55.1 Å². The topological polar surface area (TPSA) is 136 Å². The molecule has 6 heterocycles. The summed E-state index contributed by atoms with van der Waals surface area (Å²) in [6.45, 7) is 0.648. The van der Waals surface area contributed by atoms with E-state index in [-0.39, 0.29) is 18.9 Å². The molecule has 0 aromatic carbocycles. The molecular formula is C25H22ClN11O. The number of hydrogen-bond acceptors (Lipinski definition) is 7. The van der Waals surface area contributed by atoms with Crippen molar-refractivity contribution in [3.05, 3.63) is 94.4 Å². The molecule has 1 saturated carbocycles. The van der Waals surface area contributed by atoms with Gasteiger partial charge in [0, 0.05) is 29.8 Å². The maximum absolute atomic E-state index is 13.3. The van der Waals surface area contributed by atoms with E-state index in [9.17, 15) is 4.79 Å². The molecule has 1 aliphatic carbocycles. The first-order valence-electron chi connectivity index (χ1n) is 12.2. The average Bonchev–Trinajstić information content (AvgIpc) is 3.25. The predicted molar refractivity (Wildman–Crippen MR) is 137 cm³/mol. The van der Waals surface area contributed by atoms with Crippen LogP contribution >= 0.6 is 11.6 Å². The Morgan fingerprint density at radius 2 is 2.05 bits per heavy atom. The Bertz CT molecular complexity index is 1780. The number of pyridine rings is 2. The summed E-state index contributed by atoms with van der Waals surface area (Å²) in [7, 11) is 0. The molecule has 1 fully saturated rings. The van der Waals surface area contributed by atoms with Crippen LogP contribution in [0, 0.1) is 0 Å². The predicted octanol–water partition coefficient (Wildman–Crippen LogP) is 2.79. The number of hydrogen-bond donors (Lipinski definition) is 2. The number of nitrogens with zero attached hydrogens (tertiary/aromatic N) is 9. The van der Waals surface area contributed by atoms with Gasteiger partial charge >= 0.3 is 0 Å². The number of tetrazole rings is 1. The smallest absolute Gasteiger partial charge is 0.255 e. The van der Waals surface area contributed by atoms with Crippen LogP contribution in [0.5, 0.6) is 0 Å². The average molecular weight is 528 g/mol. The van der Waals surface area contributed by atoms with Gasteiger partial charge in [-0.05, 0) is 42.5 Å². The van der Waals surface area contributed by atoms with Gasteiger partial charge in [-0.15, -0.1) is 10.2 Å². The van der Waals surface area contributed by atoms with Gasteiger partial charge in [0.15, 0.2) is 5.82 Å². The summed E-state index contributed by atoms with van der Waals surface area (Å²) in [5.74, 6) is 0.837. The number of aromatic nitrogens is 10. The summed E-state index contributed by atoms with van der Waals surface area (Å²) in [4.78, 5) is 22.4. The highest BCUT2D eigenvalue weighted by atomic mass is 35.5. The lowest BCUT2D eigenvalue weighted by atomic mass is 10.2. The van der Waals surface area contributed by atoms with Crippen molar-refractivity contribution >= 4 is 28.7 Å². The molecule has 13 heteroatoms. The number of fused-ring (bicyclic) bond motifs is 2. The molecule has 0 unspecified atom stereocenters. The minimum Gasteiger partial charge on any atom is -0.346 e. The molecule has 12 nitrogen and oxygen atoms in total. The van der Waals surface area contributed by atoms with Crippen LogP contribution in [0.15, 0.2) is 55.4 Å². The molecule has 1 aliphatic rings. The molecule has 0 saturated heterocycles. The van der Waals surface area contributed by atoms with Gasteiger partial charge in [0.2, 0.25) is 0 Å². The van der Waals surface area contributed by atoms with Gasteiger partial charge in [-0.3, -0.25) is 9.48 Å². The molecule has 0 bridgehead atoms. The summed E-state index contributed by atoms with van der Waals surface area (Å²) in [5, 5.41) is 22.3. The van der Waals surface area contributed by atoms with Crippen LogP contribution in [0.4, 0.5) is 0 Å². The second kappa shape index (κ2) is 9.06. The first kappa shape index (κ1) is 22.6. The van der Waals surface area contributed by atoms with E-state index in [0.29, 0.717) is 40.3 Å². The number of aromatic amines is 1. The number of amides is 1. The van der Waals surface area contributed by atoms with Gasteiger partial charge in [0.05, 0.1) is 54.0 Å². The molecular weight excluding hydrogens is 506 g/mol. The van der Waals surface area contributed by atoms with Crippen LogP contribution in [0.3, 0.4) is 0 Å². The van der Waals surface area contributed by atoms with Gasteiger partial charge < -0.3 is 14.1 Å². The number of carbonyl (C=O) groups is 1. The third kappa shape index (κ3) is 4.39. The van der Waals surface area contributed by atoms with Gasteiger partial charge in [0.1, 0.15) is 5.65 Å². The van der Waals surface area contributed by atoms with Crippen molar-refractivity contribution < 1.29 is 4.79 Å². The van der Waals surface area contributed by atoms with Gasteiger partial charge in [-0.25, -0.2) is 9.97 Å². The van der Waals surface area contributed by atoms with E-state index in [4.69, 9.17) is 16.6 Å². The van der Waals surface area contributed by atoms with Crippen molar-refractivity contribution in [2.45, 2.75) is 38.3 Å². The Morgan fingerprint density at radius 3 is 2.89 bits per heavy atom. The number of halogens is 1. The Hall–Kier alpha value is -4.58. The molecule has 0 aliphatic heterocycles. The van der Waals surface area contributed by atoms with Crippen molar-refractivity contribution in [1.82, 2.24) is 54.5 Å². The zero-order valence-corrected chi connectivity index (χ0v) is 20.9. The highest BCUT2D eigenvalue weighted by Gasteiger charge is 2.24. The fourth-order valence-electron chi connectivity index (χ4n) is 4.64. The third-order valence-corrected chi connectivity index (χ3v) is 6.93. The zero-order chi connectivity index (χ0) is 25.6. The first-order valence-corrected chi connectivity index (χ1v) is 12.6. The quantitative estimate of drug-likeness (QED) is 0.310. The molecule has 1 amide bonds. The van der Waals surface area contributed by atoms with Crippen molar-refractivity contribution in [2.24, 2.45) is 0 Å². The maximum Gasteiger partial charge on any atom is 0.255 e. The molecule has 0 spiro atoms. The third-order valence-electron chi connectivity index (χ3n) is 6.69. The van der Waals surface area contributed by atoms with Gasteiger partial charge in [-0.2, -0.15) is 10.3 Å². The van der Waals surface area contributed by atoms with Gasteiger partial charge in [0.25, 0.3) is 5.91 Å². The Labute approximate surface area is 220 Å². The van der Waals surface area contributed by atoms with Crippen molar-refractivity contribution in [3.63, 3.8) is 0 Å². The number of nitrogens with one attached hydrogen (secondary N) is 2. The summed E-state index contributed by atoms with van der Waals surface area (Å²) >= 11 is 6.15. The lowest BCUT2D eigenvalue weighted by Crippen LogP contribution is -2.24. The number of H-pyrrole nitrogens is 1. The van der Waals surface area contributed by atoms with Crippen molar-refractivity contribution in [2.75, 3.05) is 0 Å². The lowest BCUT2D eigenvalue weighted by Gasteiger charge is -2.04. The SMILES string of the molecule is O=C(NCc1ncn2ccc(Cl)cc12)c1cn(Cc2cn3cc(C4CC4)ccc3n2)nc1Cc1nn[nH]n1. The first-order chi connectivity index (χ1) is 18.6. The molecule has 2 N–H and O–H groups in total. The van der Waals surface area contributed by atoms with Crippen LogP contribution < -0.4 is 5.32 Å². The standard InChI is InChI=1S/C25H22ClN11O/c26-17-5-6-35-14-28-21(22(35)7-17)9-27-25(38)19-13-37(32-20(19)8-23-30-33-34-31-23)12-18-11-36-10-16(15-1-2-15)3-4-24(36)29-18/h3-7,10-11,13-15H,1-2,8-9,12H2,(H,27,38)(H,30,31,33,34). The highest BCUT2D eigenvalue weighted by Crippen LogP contribution is 2.39. The Kier molecular flexibility index (Phi) is 5.39. The Morgan fingerprint density at radius 1 is 1.13 bits per heavy atom. The largest absolute Gasteiger partial charge is 0.346 e. The number of rotatable bonds is 8. The molecule has 38 heavy (non-hydrogen) atoms. The van der Waals surface area contributed by atoms with Crippen molar-refractivity contribution in [3.8, 4) is 0 Å². The molecule has 7 rings (SSSR count). The molecule has 0 atom stereocenters. The minimum absolute atomic E-state index is 0.234. The van der Waals surface area contributed by atoms with Crippen molar-refractivity contribution in [1.29, 1.82) is 0 Å². The van der Waals surface area contributed by atoms with E-state index in [0.717, 1.165) is 16.9 Å². The lowest BCUT2D eigenvalue weighted by molar-refractivity contribution is 0.0949. The van der Waals surface area contributed by atoms with E-state index in [2.05, 4.69) is 52.7 Å². The van der Waals surface area contributed by atoms with E-state index in [1.807, 2.05) is 28.9 Å². The van der Waals surface area contributed by atoms with E-state index in [1.54, 1.807) is 23.3 Å². The van der Waals surface area contributed by atoms with E-state index >= 15 is 0 Å². The summed E-state index contributed by atoms with van der Waals surface area (Å²) < 4.78 is 5.64. The van der Waals surface area contributed by atoms with E-state index in [1.165, 1.54) is 18.4 Å². The molecule has 6 aromatic heterocycles. The monoisotopic (exact) mass is 527 g/mol. The van der Waals surface area contributed by atoms with E-state index < -0.39 is 0 Å². The summed E-state index contributed by atoms with van der Waals surface area (Å²) in [5.41, 5.74) is 5.58. The van der Waals surface area contributed by atoms with Crippen LogP contribution in [0.2, 0.25) is 5.02 Å².